The standard InChI is InChI=1S/C30H41N5O5/c1-18(2)40-30(39)27(20(4)36)31-14-22-9-10-26-25(13-22)32-28(24-12-19(3)29(38)33(6)17-24)35(26)16-23-8-7-11-34(15-23)21(5)37/h9-10,12-13,17-18,20,23,27,31,36H,7-8,11,14-16H2,1-6H3/t20?,23-,27?/m0/s1. The van der Waals surface area contributed by atoms with Gasteiger partial charge in [0.05, 0.1) is 23.2 Å². The zero-order valence-electron chi connectivity index (χ0n) is 24.3. The number of fused-ring (bicyclic) bond motifs is 1. The lowest BCUT2D eigenvalue weighted by molar-refractivity contribution is -0.152. The van der Waals surface area contributed by atoms with Crippen LogP contribution in [0.4, 0.5) is 0 Å². The summed E-state index contributed by atoms with van der Waals surface area (Å²) in [5.74, 6) is 0.650. The van der Waals surface area contributed by atoms with Crippen LogP contribution in [0.2, 0.25) is 0 Å². The molecular weight excluding hydrogens is 510 g/mol. The van der Waals surface area contributed by atoms with Gasteiger partial charge < -0.3 is 23.9 Å². The van der Waals surface area contributed by atoms with E-state index in [1.807, 2.05) is 35.4 Å². The number of imidazole rings is 1. The number of benzene rings is 1. The topological polar surface area (TPSA) is 119 Å². The maximum atomic E-state index is 12.5. The Hall–Kier alpha value is -3.50. The number of carbonyl (C=O) groups excluding carboxylic acids is 2. The van der Waals surface area contributed by atoms with Crippen molar-refractivity contribution in [2.45, 2.75) is 78.8 Å². The summed E-state index contributed by atoms with van der Waals surface area (Å²) in [6.45, 7) is 11.1. The number of amides is 1. The molecule has 1 aliphatic heterocycles. The summed E-state index contributed by atoms with van der Waals surface area (Å²) in [4.78, 5) is 43.8. The molecule has 3 atom stereocenters. The second kappa shape index (κ2) is 12.3. The smallest absolute Gasteiger partial charge is 0.326 e. The van der Waals surface area contributed by atoms with E-state index in [4.69, 9.17) is 9.72 Å². The number of nitrogens with one attached hydrogen (secondary N) is 1. The summed E-state index contributed by atoms with van der Waals surface area (Å²) in [6, 6.07) is 7.01. The number of nitrogens with zero attached hydrogens (tertiary/aromatic N) is 4. The van der Waals surface area contributed by atoms with E-state index >= 15 is 0 Å². The van der Waals surface area contributed by atoms with Crippen LogP contribution in [0.1, 0.15) is 51.7 Å². The van der Waals surface area contributed by atoms with Crippen LogP contribution in [0, 0.1) is 12.8 Å². The molecule has 0 aliphatic carbocycles. The lowest BCUT2D eigenvalue weighted by Crippen LogP contribution is -2.46. The van der Waals surface area contributed by atoms with Gasteiger partial charge in [-0.15, -0.1) is 0 Å². The van der Waals surface area contributed by atoms with Crippen molar-refractivity contribution in [3.05, 3.63) is 51.9 Å². The number of aryl methyl sites for hydroxylation is 2. The minimum absolute atomic E-state index is 0.0483. The molecule has 216 valence electrons. The van der Waals surface area contributed by atoms with Crippen molar-refractivity contribution < 1.29 is 19.4 Å². The van der Waals surface area contributed by atoms with E-state index in [0.29, 0.717) is 25.2 Å². The molecule has 4 rings (SSSR count). The molecule has 1 aromatic carbocycles. The lowest BCUT2D eigenvalue weighted by Gasteiger charge is -2.32. The minimum atomic E-state index is -0.918. The molecule has 2 unspecified atom stereocenters. The summed E-state index contributed by atoms with van der Waals surface area (Å²) >= 11 is 0. The number of hydrogen-bond acceptors (Lipinski definition) is 7. The Kier molecular flexibility index (Phi) is 9.10. The van der Waals surface area contributed by atoms with Gasteiger partial charge in [-0.05, 0) is 70.2 Å². The third-order valence-electron chi connectivity index (χ3n) is 7.45. The molecule has 1 fully saturated rings. The van der Waals surface area contributed by atoms with Crippen molar-refractivity contribution in [1.82, 2.24) is 24.3 Å². The first-order valence-electron chi connectivity index (χ1n) is 14.0. The van der Waals surface area contributed by atoms with E-state index < -0.39 is 18.1 Å². The molecule has 10 heteroatoms. The zero-order valence-corrected chi connectivity index (χ0v) is 24.3. The van der Waals surface area contributed by atoms with Gasteiger partial charge in [-0.3, -0.25) is 19.7 Å². The first-order chi connectivity index (χ1) is 18.9. The fraction of sp³-hybridized carbons (Fsp3) is 0.533. The van der Waals surface area contributed by atoms with E-state index in [0.717, 1.165) is 47.4 Å². The molecule has 10 nitrogen and oxygen atoms in total. The Labute approximate surface area is 235 Å². The van der Waals surface area contributed by atoms with E-state index in [-0.39, 0.29) is 23.5 Å². The first-order valence-corrected chi connectivity index (χ1v) is 14.0. The highest BCUT2D eigenvalue weighted by molar-refractivity contribution is 5.81. The van der Waals surface area contributed by atoms with Crippen LogP contribution < -0.4 is 10.9 Å². The van der Waals surface area contributed by atoms with E-state index in [1.54, 1.807) is 46.2 Å². The summed E-state index contributed by atoms with van der Waals surface area (Å²) in [5.41, 5.74) is 4.09. The number of aliphatic hydroxyl groups excluding tert-OH is 1. The molecule has 3 aromatic rings. The van der Waals surface area contributed by atoms with Crippen LogP contribution in [0.3, 0.4) is 0 Å². The number of likely N-dealkylation sites (tertiary alicyclic amines) is 1. The van der Waals surface area contributed by atoms with Crippen LogP contribution in [-0.4, -0.2) is 67.3 Å². The molecule has 1 aliphatic rings. The Morgan fingerprint density at radius 3 is 2.62 bits per heavy atom. The predicted octanol–water partition coefficient (Wildman–Crippen LogP) is 2.76. The molecule has 3 heterocycles. The number of esters is 1. The van der Waals surface area contributed by atoms with Gasteiger partial charge in [0.1, 0.15) is 11.9 Å². The van der Waals surface area contributed by atoms with Gasteiger partial charge in [0.2, 0.25) is 5.91 Å². The van der Waals surface area contributed by atoms with Crippen molar-refractivity contribution in [1.29, 1.82) is 0 Å². The van der Waals surface area contributed by atoms with Crippen molar-refractivity contribution >= 4 is 22.9 Å². The summed E-state index contributed by atoms with van der Waals surface area (Å²) < 4.78 is 9.07. The zero-order chi connectivity index (χ0) is 29.1. The summed E-state index contributed by atoms with van der Waals surface area (Å²) in [6.07, 6.45) is 2.60. The van der Waals surface area contributed by atoms with Gasteiger partial charge in [-0.2, -0.15) is 0 Å². The Morgan fingerprint density at radius 2 is 1.98 bits per heavy atom. The Bertz CT molecular complexity index is 1410. The van der Waals surface area contributed by atoms with E-state index in [9.17, 15) is 19.5 Å². The molecule has 1 amide bonds. The Morgan fingerprint density at radius 1 is 1.23 bits per heavy atom. The quantitative estimate of drug-likeness (QED) is 0.393. The first kappa shape index (κ1) is 29.5. The molecular formula is C30H41N5O5. The SMILES string of the molecule is CC(=O)N1CCC[C@H](Cn2c(-c3cc(C)c(=O)n(C)c3)nc3cc(CNC(C(=O)OC(C)C)C(C)O)ccc32)C1. The lowest BCUT2D eigenvalue weighted by atomic mass is 9.97. The second-order valence-corrected chi connectivity index (χ2v) is 11.3. The van der Waals surface area contributed by atoms with E-state index in [2.05, 4.69) is 9.88 Å². The number of hydrogen-bond donors (Lipinski definition) is 2. The largest absolute Gasteiger partial charge is 0.462 e. The monoisotopic (exact) mass is 551 g/mol. The molecule has 0 radical (unpaired) electrons. The van der Waals surface area contributed by atoms with Crippen molar-refractivity contribution in [3.8, 4) is 11.4 Å². The molecule has 1 saturated heterocycles. The second-order valence-electron chi connectivity index (χ2n) is 11.3. The number of pyridine rings is 1. The average Bonchev–Trinajstić information content (AvgIpc) is 3.24. The van der Waals surface area contributed by atoms with Gasteiger partial charge in [-0.25, -0.2) is 4.98 Å². The highest BCUT2D eigenvalue weighted by Crippen LogP contribution is 2.29. The number of aromatic nitrogens is 3. The van der Waals surface area contributed by atoms with Crippen LogP contribution >= 0.6 is 0 Å². The fourth-order valence-electron chi connectivity index (χ4n) is 5.43. The van der Waals surface area contributed by atoms with Crippen molar-refractivity contribution in [2.24, 2.45) is 13.0 Å². The van der Waals surface area contributed by atoms with Gasteiger partial charge in [-0.1, -0.05) is 6.07 Å². The molecule has 0 spiro atoms. The van der Waals surface area contributed by atoms with Gasteiger partial charge in [0.25, 0.3) is 5.56 Å². The van der Waals surface area contributed by atoms with Crippen LogP contribution in [0.15, 0.2) is 35.3 Å². The number of rotatable bonds is 9. The normalized spacial score (nSPS) is 17.3. The van der Waals surface area contributed by atoms with E-state index in [1.165, 1.54) is 0 Å². The number of piperidine rings is 1. The third kappa shape index (κ3) is 6.62. The van der Waals surface area contributed by atoms with Gasteiger partial charge in [0.15, 0.2) is 0 Å². The third-order valence-corrected chi connectivity index (χ3v) is 7.45. The number of carbonyl (C=O) groups is 2. The average molecular weight is 552 g/mol. The summed E-state index contributed by atoms with van der Waals surface area (Å²) in [5, 5.41) is 13.3. The fourth-order valence-corrected chi connectivity index (χ4v) is 5.43. The Balaban J connectivity index is 1.68. The molecule has 0 saturated carbocycles. The molecule has 2 aromatic heterocycles. The maximum Gasteiger partial charge on any atom is 0.326 e. The molecule has 0 bridgehead atoms. The summed E-state index contributed by atoms with van der Waals surface area (Å²) in [7, 11) is 1.74. The highest BCUT2D eigenvalue weighted by Gasteiger charge is 2.27. The van der Waals surface area contributed by atoms with Gasteiger partial charge >= 0.3 is 5.97 Å². The van der Waals surface area contributed by atoms with Crippen LogP contribution in [-0.2, 0) is 34.5 Å². The molecule has 2 N–H and O–H groups in total. The van der Waals surface area contributed by atoms with Crippen molar-refractivity contribution in [2.75, 3.05) is 13.1 Å². The van der Waals surface area contributed by atoms with Crippen LogP contribution in [0.25, 0.3) is 22.4 Å². The van der Waals surface area contributed by atoms with Crippen molar-refractivity contribution in [3.63, 3.8) is 0 Å². The van der Waals surface area contributed by atoms with Gasteiger partial charge in [0, 0.05) is 57.5 Å². The highest BCUT2D eigenvalue weighted by atomic mass is 16.5. The predicted molar refractivity (Wildman–Crippen MR) is 154 cm³/mol. The number of aliphatic hydroxyl groups is 1. The molecule has 40 heavy (non-hydrogen) atoms. The van der Waals surface area contributed by atoms with Crippen LogP contribution in [0.5, 0.6) is 0 Å². The minimum Gasteiger partial charge on any atom is -0.462 e. The number of ether oxygens (including phenoxy) is 1. The maximum absolute atomic E-state index is 12.5.